The lowest BCUT2D eigenvalue weighted by Gasteiger charge is -2.29. The third-order valence-electron chi connectivity index (χ3n) is 3.23. The van der Waals surface area contributed by atoms with Crippen LogP contribution in [0.3, 0.4) is 0 Å². The highest BCUT2D eigenvalue weighted by Crippen LogP contribution is 2.29. The topological polar surface area (TPSA) is 97.1 Å². The Balaban J connectivity index is 2.29. The Hall–Kier alpha value is -1.91. The highest BCUT2D eigenvalue weighted by molar-refractivity contribution is 7.88. The SMILES string of the molecule is CS(=O)(=O)NCC[C@](O)(Cn1cncn1)c1ccc(F)cc1F. The molecule has 0 saturated carbocycles. The molecule has 0 fully saturated rings. The summed E-state index contributed by atoms with van der Waals surface area (Å²) in [5.41, 5.74) is -1.94. The molecule has 2 aromatic rings. The van der Waals surface area contributed by atoms with Crippen molar-refractivity contribution in [3.05, 3.63) is 48.1 Å². The summed E-state index contributed by atoms with van der Waals surface area (Å²) in [6.45, 7) is -0.290. The van der Waals surface area contributed by atoms with Crippen molar-refractivity contribution in [1.82, 2.24) is 19.5 Å². The van der Waals surface area contributed by atoms with Gasteiger partial charge in [0.25, 0.3) is 0 Å². The van der Waals surface area contributed by atoms with E-state index in [1.807, 2.05) is 0 Å². The largest absolute Gasteiger partial charge is 0.383 e. The van der Waals surface area contributed by atoms with Gasteiger partial charge in [-0.25, -0.2) is 31.6 Å². The van der Waals surface area contributed by atoms with Gasteiger partial charge < -0.3 is 5.11 Å². The van der Waals surface area contributed by atoms with Crippen molar-refractivity contribution in [1.29, 1.82) is 0 Å². The Morgan fingerprint density at radius 1 is 1.39 bits per heavy atom. The fraction of sp³-hybridized carbons (Fsp3) is 0.385. The van der Waals surface area contributed by atoms with Gasteiger partial charge in [0, 0.05) is 18.2 Å². The quantitative estimate of drug-likeness (QED) is 0.756. The van der Waals surface area contributed by atoms with Crippen molar-refractivity contribution >= 4 is 10.0 Å². The lowest BCUT2D eigenvalue weighted by Crippen LogP contribution is -2.37. The molecular formula is C13H16F2N4O3S. The zero-order valence-corrected chi connectivity index (χ0v) is 13.1. The van der Waals surface area contributed by atoms with Gasteiger partial charge in [-0.05, 0) is 12.5 Å². The van der Waals surface area contributed by atoms with E-state index in [1.165, 1.54) is 17.3 Å². The molecule has 0 saturated heterocycles. The Morgan fingerprint density at radius 3 is 2.70 bits per heavy atom. The second kappa shape index (κ2) is 6.69. The second-order valence-corrected chi connectivity index (χ2v) is 7.00. The van der Waals surface area contributed by atoms with Crippen molar-refractivity contribution in [2.24, 2.45) is 0 Å². The maximum atomic E-state index is 14.1. The predicted molar refractivity (Wildman–Crippen MR) is 77.7 cm³/mol. The Kier molecular flexibility index (Phi) is 5.07. The number of hydrogen-bond donors (Lipinski definition) is 2. The maximum Gasteiger partial charge on any atom is 0.208 e. The van der Waals surface area contributed by atoms with Crippen molar-refractivity contribution in [3.63, 3.8) is 0 Å². The predicted octanol–water partition coefficient (Wildman–Crippen LogP) is 0.383. The lowest BCUT2D eigenvalue weighted by atomic mass is 9.90. The molecule has 2 rings (SSSR count). The van der Waals surface area contributed by atoms with E-state index in [-0.39, 0.29) is 25.1 Å². The molecule has 1 aromatic carbocycles. The molecule has 0 radical (unpaired) electrons. The van der Waals surface area contributed by atoms with Crippen LogP contribution in [0.4, 0.5) is 8.78 Å². The van der Waals surface area contributed by atoms with Crippen molar-refractivity contribution in [2.75, 3.05) is 12.8 Å². The van der Waals surface area contributed by atoms with Crippen LogP contribution in [0.2, 0.25) is 0 Å². The smallest absolute Gasteiger partial charge is 0.208 e. The minimum atomic E-state index is -3.46. The third-order valence-corrected chi connectivity index (χ3v) is 3.95. The number of nitrogens with one attached hydrogen (secondary N) is 1. The molecule has 0 aliphatic carbocycles. The standard InChI is InChI=1S/C13H16F2N4O3S/c1-23(21,22)18-5-4-13(20,7-19-9-16-8-17-19)11-3-2-10(14)6-12(11)15/h2-3,6,8-9,18,20H,4-5,7H2,1H3/t13-/m0/s1. The van der Waals surface area contributed by atoms with Crippen LogP contribution in [0.15, 0.2) is 30.9 Å². The molecule has 0 spiro atoms. The summed E-state index contributed by atoms with van der Waals surface area (Å²) in [7, 11) is -3.46. The molecule has 0 bridgehead atoms. The van der Waals surface area contributed by atoms with Gasteiger partial charge in [0.15, 0.2) is 0 Å². The Labute approximate surface area is 132 Å². The van der Waals surface area contributed by atoms with E-state index in [0.717, 1.165) is 18.4 Å². The average molecular weight is 346 g/mol. The van der Waals surface area contributed by atoms with Gasteiger partial charge in [0.05, 0.1) is 12.8 Å². The highest BCUT2D eigenvalue weighted by atomic mass is 32.2. The minimum Gasteiger partial charge on any atom is -0.383 e. The van der Waals surface area contributed by atoms with Gasteiger partial charge >= 0.3 is 0 Å². The van der Waals surface area contributed by atoms with Crippen LogP contribution in [-0.2, 0) is 22.2 Å². The second-order valence-electron chi connectivity index (χ2n) is 5.17. The average Bonchev–Trinajstić information content (AvgIpc) is 2.89. The number of nitrogens with zero attached hydrogens (tertiary/aromatic N) is 3. The molecule has 0 aliphatic rings. The van der Waals surface area contributed by atoms with Crippen LogP contribution in [0.25, 0.3) is 0 Å². The first-order valence-electron chi connectivity index (χ1n) is 6.64. The molecule has 23 heavy (non-hydrogen) atoms. The molecule has 1 atom stereocenters. The van der Waals surface area contributed by atoms with Crippen LogP contribution >= 0.6 is 0 Å². The third kappa shape index (κ3) is 4.78. The maximum absolute atomic E-state index is 14.1. The van der Waals surface area contributed by atoms with E-state index >= 15 is 0 Å². The van der Waals surface area contributed by atoms with E-state index in [9.17, 15) is 22.3 Å². The van der Waals surface area contributed by atoms with Gasteiger partial charge in [-0.3, -0.25) is 0 Å². The number of benzene rings is 1. The molecule has 1 aromatic heterocycles. The van der Waals surface area contributed by atoms with E-state index in [1.54, 1.807) is 0 Å². The lowest BCUT2D eigenvalue weighted by molar-refractivity contribution is 0.00454. The fourth-order valence-corrected chi connectivity index (χ4v) is 2.66. The molecule has 1 heterocycles. The molecule has 0 aliphatic heterocycles. The number of aromatic nitrogens is 3. The van der Waals surface area contributed by atoms with Crippen molar-refractivity contribution in [3.8, 4) is 0 Å². The summed E-state index contributed by atoms with van der Waals surface area (Å²) in [6.07, 6.45) is 3.41. The van der Waals surface area contributed by atoms with E-state index in [2.05, 4.69) is 14.8 Å². The first kappa shape index (κ1) is 17.4. The zero-order chi connectivity index (χ0) is 17.1. The van der Waals surface area contributed by atoms with Crippen molar-refractivity contribution in [2.45, 2.75) is 18.6 Å². The van der Waals surface area contributed by atoms with Crippen LogP contribution in [0.5, 0.6) is 0 Å². The number of sulfonamides is 1. The van der Waals surface area contributed by atoms with E-state index in [4.69, 9.17) is 0 Å². The van der Waals surface area contributed by atoms with E-state index < -0.39 is 27.3 Å². The molecule has 0 unspecified atom stereocenters. The number of halogens is 2. The fourth-order valence-electron chi connectivity index (χ4n) is 2.19. The van der Waals surface area contributed by atoms with E-state index in [0.29, 0.717) is 6.07 Å². The molecule has 7 nitrogen and oxygen atoms in total. The van der Waals surface area contributed by atoms with Gasteiger partial charge in [0.2, 0.25) is 10.0 Å². The monoisotopic (exact) mass is 346 g/mol. The number of aliphatic hydroxyl groups is 1. The van der Waals surface area contributed by atoms with Crippen LogP contribution in [0.1, 0.15) is 12.0 Å². The summed E-state index contributed by atoms with van der Waals surface area (Å²) in [6, 6.07) is 2.81. The summed E-state index contributed by atoms with van der Waals surface area (Å²) < 4.78 is 52.9. The Morgan fingerprint density at radius 2 is 2.13 bits per heavy atom. The summed E-state index contributed by atoms with van der Waals surface area (Å²) in [5.74, 6) is -1.70. The van der Waals surface area contributed by atoms with Crippen LogP contribution < -0.4 is 4.72 Å². The number of rotatable bonds is 7. The van der Waals surface area contributed by atoms with Gasteiger partial charge in [0.1, 0.15) is 29.9 Å². The van der Waals surface area contributed by atoms with Gasteiger partial charge in [-0.15, -0.1) is 0 Å². The van der Waals surface area contributed by atoms with Crippen LogP contribution in [0, 0.1) is 11.6 Å². The normalized spacial score (nSPS) is 14.6. The molecule has 2 N–H and O–H groups in total. The Bertz CT molecular complexity index is 768. The summed E-state index contributed by atoms with van der Waals surface area (Å²) in [4.78, 5) is 3.73. The molecule has 0 amide bonds. The number of hydrogen-bond acceptors (Lipinski definition) is 5. The van der Waals surface area contributed by atoms with Gasteiger partial charge in [-0.2, -0.15) is 5.10 Å². The summed E-state index contributed by atoms with van der Waals surface area (Å²) in [5, 5.41) is 14.7. The molecule has 126 valence electrons. The minimum absolute atomic E-state index is 0.124. The summed E-state index contributed by atoms with van der Waals surface area (Å²) >= 11 is 0. The first-order valence-corrected chi connectivity index (χ1v) is 8.54. The zero-order valence-electron chi connectivity index (χ0n) is 12.3. The molecular weight excluding hydrogens is 330 g/mol. The van der Waals surface area contributed by atoms with Gasteiger partial charge in [-0.1, -0.05) is 6.07 Å². The van der Waals surface area contributed by atoms with Crippen molar-refractivity contribution < 1.29 is 22.3 Å². The molecule has 10 heteroatoms. The van der Waals surface area contributed by atoms with Crippen LogP contribution in [-0.4, -0.2) is 41.1 Å². The highest BCUT2D eigenvalue weighted by Gasteiger charge is 2.33. The first-order chi connectivity index (χ1) is 10.7.